The van der Waals surface area contributed by atoms with Gasteiger partial charge in [0.1, 0.15) is 0 Å². The molecule has 0 aromatic heterocycles. The number of nitrogens with one attached hydrogen (secondary N) is 2. The number of benzene rings is 3. The molecule has 0 heterocycles. The number of fused-ring (bicyclic) bond motifs is 1. The fourth-order valence-electron chi connectivity index (χ4n) is 4.14. The van der Waals surface area contributed by atoms with Gasteiger partial charge in [0.05, 0.1) is 18.6 Å². The number of para-hydroxylation sites is 1. The van der Waals surface area contributed by atoms with E-state index in [0.717, 1.165) is 22.4 Å². The van der Waals surface area contributed by atoms with Crippen LogP contribution in [0.3, 0.4) is 0 Å². The first-order chi connectivity index (χ1) is 15.5. The third-order valence-electron chi connectivity index (χ3n) is 5.74. The van der Waals surface area contributed by atoms with Crippen LogP contribution in [-0.2, 0) is 17.6 Å². The molecule has 0 unspecified atom stereocenters. The summed E-state index contributed by atoms with van der Waals surface area (Å²) in [6.45, 7) is 2.55. The van der Waals surface area contributed by atoms with Crippen LogP contribution in [0, 0.1) is 0 Å². The first-order valence-corrected chi connectivity index (χ1v) is 10.8. The van der Waals surface area contributed by atoms with Crippen LogP contribution in [0.1, 0.15) is 29.7 Å². The minimum Gasteiger partial charge on any atom is -0.390 e. The maximum Gasteiger partial charge on any atom is 0.319 e. The zero-order valence-electron chi connectivity index (χ0n) is 18.0. The Bertz CT molecular complexity index is 1080. The molecule has 3 aromatic rings. The van der Waals surface area contributed by atoms with Crippen molar-refractivity contribution in [3.63, 3.8) is 0 Å². The minimum atomic E-state index is -0.641. The van der Waals surface area contributed by atoms with Gasteiger partial charge in [-0.15, -0.1) is 0 Å². The standard InChI is InChI=1S/C26H27N3O3/c1-2-29(21-9-4-3-5-10-21)24(31)16-18-12-14-20(15-13-18)27-26(32)28-25-22-11-7-6-8-19(22)17-23(25)30/h3-15,23,25,30H,2,16-17H2,1H3,(H2,27,28,32)/t23-,25+/m1/s1. The van der Waals surface area contributed by atoms with Crippen molar-refractivity contribution in [3.05, 3.63) is 95.6 Å². The van der Waals surface area contributed by atoms with E-state index >= 15 is 0 Å². The largest absolute Gasteiger partial charge is 0.390 e. The second-order valence-electron chi connectivity index (χ2n) is 7.89. The molecule has 2 atom stereocenters. The summed E-state index contributed by atoms with van der Waals surface area (Å²) in [6, 6.07) is 23.8. The Morgan fingerprint density at radius 3 is 2.38 bits per heavy atom. The number of carbonyl (C=O) groups is 2. The summed E-state index contributed by atoms with van der Waals surface area (Å²) >= 11 is 0. The lowest BCUT2D eigenvalue weighted by atomic mass is 10.1. The third kappa shape index (κ3) is 4.81. The Kier molecular flexibility index (Phi) is 6.52. The lowest BCUT2D eigenvalue weighted by molar-refractivity contribution is -0.117. The van der Waals surface area contributed by atoms with Crippen molar-refractivity contribution in [1.82, 2.24) is 5.32 Å². The van der Waals surface area contributed by atoms with Gasteiger partial charge >= 0.3 is 6.03 Å². The van der Waals surface area contributed by atoms with Crippen LogP contribution >= 0.6 is 0 Å². The topological polar surface area (TPSA) is 81.7 Å². The van der Waals surface area contributed by atoms with Crippen LogP contribution in [0.4, 0.5) is 16.2 Å². The lowest BCUT2D eigenvalue weighted by Crippen LogP contribution is -2.36. The van der Waals surface area contributed by atoms with Crippen molar-refractivity contribution < 1.29 is 14.7 Å². The molecule has 164 valence electrons. The fraction of sp³-hybridized carbons (Fsp3) is 0.231. The molecule has 6 nitrogen and oxygen atoms in total. The zero-order chi connectivity index (χ0) is 22.5. The Labute approximate surface area is 187 Å². The van der Waals surface area contributed by atoms with E-state index in [2.05, 4.69) is 10.6 Å². The Balaban J connectivity index is 1.35. The van der Waals surface area contributed by atoms with E-state index in [1.165, 1.54) is 0 Å². The van der Waals surface area contributed by atoms with Gasteiger partial charge in [-0.25, -0.2) is 4.79 Å². The van der Waals surface area contributed by atoms with Crippen LogP contribution in [0.15, 0.2) is 78.9 Å². The van der Waals surface area contributed by atoms with Gasteiger partial charge < -0.3 is 20.6 Å². The zero-order valence-corrected chi connectivity index (χ0v) is 18.0. The van der Waals surface area contributed by atoms with Crippen molar-refractivity contribution in [1.29, 1.82) is 0 Å². The van der Waals surface area contributed by atoms with Gasteiger partial charge in [0.2, 0.25) is 5.91 Å². The Hall–Kier alpha value is -3.64. The number of aliphatic hydroxyl groups is 1. The first-order valence-electron chi connectivity index (χ1n) is 10.8. The first kappa shape index (κ1) is 21.6. The summed E-state index contributed by atoms with van der Waals surface area (Å²) in [5, 5.41) is 16.0. The van der Waals surface area contributed by atoms with E-state index in [1.807, 2.05) is 73.7 Å². The van der Waals surface area contributed by atoms with Crippen molar-refractivity contribution in [2.45, 2.75) is 31.9 Å². The predicted octanol–water partition coefficient (Wildman–Crippen LogP) is 4.06. The van der Waals surface area contributed by atoms with Gasteiger partial charge in [-0.3, -0.25) is 4.79 Å². The van der Waals surface area contributed by atoms with Crippen LogP contribution in [0.5, 0.6) is 0 Å². The normalized spacial score (nSPS) is 16.8. The summed E-state index contributed by atoms with van der Waals surface area (Å²) in [5.74, 6) is 0.0195. The molecule has 0 radical (unpaired) electrons. The van der Waals surface area contributed by atoms with E-state index in [0.29, 0.717) is 18.7 Å². The molecule has 0 spiro atoms. The fourth-order valence-corrected chi connectivity index (χ4v) is 4.14. The summed E-state index contributed by atoms with van der Waals surface area (Å²) in [7, 11) is 0. The number of aliphatic hydroxyl groups excluding tert-OH is 1. The maximum absolute atomic E-state index is 12.8. The Morgan fingerprint density at radius 2 is 1.66 bits per heavy atom. The molecule has 1 aliphatic carbocycles. The van der Waals surface area contributed by atoms with Gasteiger partial charge in [-0.2, -0.15) is 0 Å². The average molecular weight is 430 g/mol. The van der Waals surface area contributed by atoms with Crippen LogP contribution in [0.25, 0.3) is 0 Å². The number of likely N-dealkylation sites (N-methyl/N-ethyl adjacent to an activating group) is 1. The maximum atomic E-state index is 12.8. The highest BCUT2D eigenvalue weighted by Crippen LogP contribution is 2.31. The summed E-state index contributed by atoms with van der Waals surface area (Å²) < 4.78 is 0. The van der Waals surface area contributed by atoms with Crippen molar-refractivity contribution in [2.75, 3.05) is 16.8 Å². The highest BCUT2D eigenvalue weighted by molar-refractivity contribution is 5.95. The summed E-state index contributed by atoms with van der Waals surface area (Å²) in [4.78, 5) is 27.0. The van der Waals surface area contributed by atoms with Gasteiger partial charge in [0.15, 0.2) is 0 Å². The van der Waals surface area contributed by atoms with E-state index < -0.39 is 12.1 Å². The minimum absolute atomic E-state index is 0.0195. The van der Waals surface area contributed by atoms with Crippen molar-refractivity contribution in [3.8, 4) is 0 Å². The molecule has 6 heteroatoms. The number of rotatable bonds is 6. The highest BCUT2D eigenvalue weighted by atomic mass is 16.3. The predicted molar refractivity (Wildman–Crippen MR) is 126 cm³/mol. The van der Waals surface area contributed by atoms with E-state index in [1.54, 1.807) is 17.0 Å². The third-order valence-corrected chi connectivity index (χ3v) is 5.74. The molecule has 3 N–H and O–H groups in total. The van der Waals surface area contributed by atoms with Gasteiger partial charge in [0.25, 0.3) is 0 Å². The average Bonchev–Trinajstić information content (AvgIpc) is 3.11. The van der Waals surface area contributed by atoms with Crippen LogP contribution in [0.2, 0.25) is 0 Å². The van der Waals surface area contributed by atoms with E-state index in [-0.39, 0.29) is 18.4 Å². The number of carbonyl (C=O) groups excluding carboxylic acids is 2. The van der Waals surface area contributed by atoms with Gasteiger partial charge in [0, 0.05) is 24.3 Å². The molecule has 1 aliphatic rings. The molecule has 0 bridgehead atoms. The summed E-state index contributed by atoms with van der Waals surface area (Å²) in [6.07, 6.45) is 0.166. The molecule has 0 fully saturated rings. The number of hydrogen-bond acceptors (Lipinski definition) is 3. The molecule has 3 aromatic carbocycles. The number of amides is 3. The Morgan fingerprint density at radius 1 is 0.969 bits per heavy atom. The molecular formula is C26H27N3O3. The SMILES string of the molecule is CCN(C(=O)Cc1ccc(NC(=O)N[C@H]2c3ccccc3C[C@H]2O)cc1)c1ccccc1. The second kappa shape index (κ2) is 9.66. The molecule has 3 amide bonds. The van der Waals surface area contributed by atoms with Crippen LogP contribution < -0.4 is 15.5 Å². The van der Waals surface area contributed by atoms with Gasteiger partial charge in [-0.1, -0.05) is 54.6 Å². The lowest BCUT2D eigenvalue weighted by Gasteiger charge is -2.21. The second-order valence-corrected chi connectivity index (χ2v) is 7.89. The molecular weight excluding hydrogens is 402 g/mol. The molecule has 0 saturated heterocycles. The number of anilines is 2. The smallest absolute Gasteiger partial charge is 0.319 e. The van der Waals surface area contributed by atoms with Crippen molar-refractivity contribution >= 4 is 23.3 Å². The van der Waals surface area contributed by atoms with E-state index in [4.69, 9.17) is 0 Å². The molecule has 0 aliphatic heterocycles. The van der Waals surface area contributed by atoms with Crippen molar-refractivity contribution in [2.24, 2.45) is 0 Å². The number of urea groups is 1. The summed E-state index contributed by atoms with van der Waals surface area (Å²) in [5.41, 5.74) is 4.37. The van der Waals surface area contributed by atoms with E-state index in [9.17, 15) is 14.7 Å². The molecule has 4 rings (SSSR count). The number of nitrogens with zero attached hydrogens (tertiary/aromatic N) is 1. The molecule has 32 heavy (non-hydrogen) atoms. The monoisotopic (exact) mass is 429 g/mol. The van der Waals surface area contributed by atoms with Gasteiger partial charge in [-0.05, 0) is 47.9 Å². The highest BCUT2D eigenvalue weighted by Gasteiger charge is 2.31. The van der Waals surface area contributed by atoms with Crippen LogP contribution in [-0.4, -0.2) is 29.7 Å². The quantitative estimate of drug-likeness (QED) is 0.553. The molecule has 0 saturated carbocycles. The number of hydrogen-bond donors (Lipinski definition) is 3.